The summed E-state index contributed by atoms with van der Waals surface area (Å²) in [6.45, 7) is 0. The van der Waals surface area contributed by atoms with Crippen LogP contribution in [-0.4, -0.2) is 22.2 Å². The first-order chi connectivity index (χ1) is 6.59. The van der Waals surface area contributed by atoms with Crippen molar-refractivity contribution >= 4 is 5.97 Å². The summed E-state index contributed by atoms with van der Waals surface area (Å²) in [6.07, 6.45) is 0.931. The lowest BCUT2D eigenvalue weighted by atomic mass is 10.1. The fourth-order valence-corrected chi connectivity index (χ4v) is 1.16. The van der Waals surface area contributed by atoms with E-state index in [1.807, 2.05) is 6.07 Å². The van der Waals surface area contributed by atoms with Gasteiger partial charge in [-0.05, 0) is 30.5 Å². The Balaban J connectivity index is 2.49. The highest BCUT2D eigenvalue weighted by atomic mass is 16.4. The van der Waals surface area contributed by atoms with Gasteiger partial charge in [-0.15, -0.1) is 0 Å². The quantitative estimate of drug-likeness (QED) is 0.661. The Bertz CT molecular complexity index is 325. The molecule has 0 spiro atoms. The van der Waals surface area contributed by atoms with E-state index < -0.39 is 12.0 Å². The SMILES string of the molecule is N[C@@H](CCc1cccc(O)c1)C(=O)O. The lowest BCUT2D eigenvalue weighted by Crippen LogP contribution is -2.30. The molecule has 0 amide bonds. The van der Waals surface area contributed by atoms with Gasteiger partial charge in [0.2, 0.25) is 0 Å². The van der Waals surface area contributed by atoms with Crippen LogP contribution in [0.2, 0.25) is 0 Å². The van der Waals surface area contributed by atoms with Gasteiger partial charge in [-0.1, -0.05) is 12.1 Å². The number of benzene rings is 1. The molecule has 0 aliphatic heterocycles. The van der Waals surface area contributed by atoms with Gasteiger partial charge in [-0.2, -0.15) is 0 Å². The van der Waals surface area contributed by atoms with Crippen molar-refractivity contribution in [3.8, 4) is 5.75 Å². The van der Waals surface area contributed by atoms with Gasteiger partial charge in [0.05, 0.1) is 0 Å². The molecule has 1 aromatic carbocycles. The van der Waals surface area contributed by atoms with Crippen molar-refractivity contribution in [1.29, 1.82) is 0 Å². The molecule has 14 heavy (non-hydrogen) atoms. The zero-order valence-electron chi connectivity index (χ0n) is 7.68. The molecule has 0 unspecified atom stereocenters. The molecular weight excluding hydrogens is 182 g/mol. The van der Waals surface area contributed by atoms with Gasteiger partial charge in [0.1, 0.15) is 11.8 Å². The fourth-order valence-electron chi connectivity index (χ4n) is 1.16. The topological polar surface area (TPSA) is 83.5 Å². The second-order valence-corrected chi connectivity index (χ2v) is 3.15. The van der Waals surface area contributed by atoms with Crippen molar-refractivity contribution in [2.45, 2.75) is 18.9 Å². The highest BCUT2D eigenvalue weighted by Gasteiger charge is 2.10. The molecule has 0 heterocycles. The zero-order chi connectivity index (χ0) is 10.6. The minimum Gasteiger partial charge on any atom is -0.508 e. The van der Waals surface area contributed by atoms with Crippen LogP contribution in [0.5, 0.6) is 5.75 Å². The molecule has 0 saturated carbocycles. The second kappa shape index (κ2) is 4.62. The standard InChI is InChI=1S/C10H13NO3/c11-9(10(13)14)5-4-7-2-1-3-8(12)6-7/h1-3,6,9,12H,4-5,11H2,(H,13,14)/t9-/m0/s1. The van der Waals surface area contributed by atoms with Crippen LogP contribution in [0.15, 0.2) is 24.3 Å². The molecule has 4 N–H and O–H groups in total. The number of aliphatic carboxylic acids is 1. The Morgan fingerprint density at radius 2 is 2.21 bits per heavy atom. The molecule has 4 nitrogen and oxygen atoms in total. The van der Waals surface area contributed by atoms with Gasteiger partial charge in [0.15, 0.2) is 0 Å². The van der Waals surface area contributed by atoms with E-state index in [4.69, 9.17) is 15.9 Å². The summed E-state index contributed by atoms with van der Waals surface area (Å²) < 4.78 is 0. The molecule has 1 atom stereocenters. The average molecular weight is 195 g/mol. The molecule has 0 aliphatic rings. The predicted molar refractivity (Wildman–Crippen MR) is 52.0 cm³/mol. The number of aryl methyl sites for hydroxylation is 1. The van der Waals surface area contributed by atoms with Gasteiger partial charge in [0.25, 0.3) is 0 Å². The first-order valence-electron chi connectivity index (χ1n) is 4.36. The molecule has 1 rings (SSSR count). The third kappa shape index (κ3) is 3.06. The number of phenols is 1. The third-order valence-electron chi connectivity index (χ3n) is 1.97. The first kappa shape index (κ1) is 10.5. The fraction of sp³-hybridized carbons (Fsp3) is 0.300. The molecule has 0 fully saturated rings. The third-order valence-corrected chi connectivity index (χ3v) is 1.97. The minimum atomic E-state index is -0.995. The lowest BCUT2D eigenvalue weighted by Gasteiger charge is -2.05. The minimum absolute atomic E-state index is 0.186. The number of nitrogens with two attached hydrogens (primary N) is 1. The van der Waals surface area contributed by atoms with E-state index in [0.29, 0.717) is 12.8 Å². The van der Waals surface area contributed by atoms with E-state index in [1.54, 1.807) is 18.2 Å². The molecule has 0 aliphatic carbocycles. The average Bonchev–Trinajstić information content (AvgIpc) is 2.14. The van der Waals surface area contributed by atoms with Crippen LogP contribution in [0.4, 0.5) is 0 Å². The van der Waals surface area contributed by atoms with E-state index in [-0.39, 0.29) is 5.75 Å². The highest BCUT2D eigenvalue weighted by Crippen LogP contribution is 2.12. The van der Waals surface area contributed by atoms with Crippen LogP contribution in [0.1, 0.15) is 12.0 Å². The summed E-state index contributed by atoms with van der Waals surface area (Å²) in [5.74, 6) is -0.809. The first-order valence-corrected chi connectivity index (χ1v) is 4.36. The summed E-state index contributed by atoms with van der Waals surface area (Å²) in [5, 5.41) is 17.7. The van der Waals surface area contributed by atoms with Crippen LogP contribution in [0.3, 0.4) is 0 Å². The molecule has 1 aromatic rings. The molecule has 76 valence electrons. The Labute approximate surface area is 82.0 Å². The number of rotatable bonds is 4. The normalized spacial score (nSPS) is 12.4. The van der Waals surface area contributed by atoms with Crippen molar-refractivity contribution in [1.82, 2.24) is 0 Å². The van der Waals surface area contributed by atoms with Crippen LogP contribution >= 0.6 is 0 Å². The smallest absolute Gasteiger partial charge is 0.320 e. The molecule has 0 bridgehead atoms. The Kier molecular flexibility index (Phi) is 3.48. The number of hydrogen-bond donors (Lipinski definition) is 3. The zero-order valence-corrected chi connectivity index (χ0v) is 7.68. The monoisotopic (exact) mass is 195 g/mol. The van der Waals surface area contributed by atoms with Crippen molar-refractivity contribution < 1.29 is 15.0 Å². The molecule has 0 radical (unpaired) electrons. The summed E-state index contributed by atoms with van der Waals surface area (Å²) in [5.41, 5.74) is 6.23. The van der Waals surface area contributed by atoms with Crippen LogP contribution in [0.25, 0.3) is 0 Å². The maximum atomic E-state index is 10.4. The lowest BCUT2D eigenvalue weighted by molar-refractivity contribution is -0.138. The number of carbonyl (C=O) groups is 1. The van der Waals surface area contributed by atoms with Gasteiger partial charge in [-0.25, -0.2) is 0 Å². The number of carboxylic acids is 1. The summed E-state index contributed by atoms with van der Waals surface area (Å²) in [7, 11) is 0. The molecule has 4 heteroatoms. The van der Waals surface area contributed by atoms with E-state index in [0.717, 1.165) is 5.56 Å². The van der Waals surface area contributed by atoms with Gasteiger partial charge >= 0.3 is 5.97 Å². The Morgan fingerprint density at radius 3 is 2.79 bits per heavy atom. The Morgan fingerprint density at radius 1 is 1.50 bits per heavy atom. The van der Waals surface area contributed by atoms with E-state index >= 15 is 0 Å². The predicted octanol–water partition coefficient (Wildman–Crippen LogP) is 0.737. The van der Waals surface area contributed by atoms with Gasteiger partial charge in [0, 0.05) is 0 Å². The van der Waals surface area contributed by atoms with Crippen LogP contribution in [0, 0.1) is 0 Å². The van der Waals surface area contributed by atoms with E-state index in [1.165, 1.54) is 0 Å². The summed E-state index contributed by atoms with van der Waals surface area (Å²) in [6, 6.07) is 5.89. The second-order valence-electron chi connectivity index (χ2n) is 3.15. The van der Waals surface area contributed by atoms with Gasteiger partial charge in [-0.3, -0.25) is 4.79 Å². The van der Waals surface area contributed by atoms with E-state index in [2.05, 4.69) is 0 Å². The number of hydrogen-bond acceptors (Lipinski definition) is 3. The largest absolute Gasteiger partial charge is 0.508 e. The van der Waals surface area contributed by atoms with Crippen molar-refractivity contribution in [3.05, 3.63) is 29.8 Å². The highest BCUT2D eigenvalue weighted by molar-refractivity contribution is 5.73. The summed E-state index contributed by atoms with van der Waals surface area (Å²) in [4.78, 5) is 10.4. The molecule has 0 aromatic heterocycles. The number of carboxylic acid groups (broad SMARTS) is 1. The molecular formula is C10H13NO3. The van der Waals surface area contributed by atoms with Crippen LogP contribution in [-0.2, 0) is 11.2 Å². The summed E-state index contributed by atoms with van der Waals surface area (Å²) >= 11 is 0. The van der Waals surface area contributed by atoms with Crippen LogP contribution < -0.4 is 5.73 Å². The molecule has 0 saturated heterocycles. The van der Waals surface area contributed by atoms with Crippen molar-refractivity contribution in [2.24, 2.45) is 5.73 Å². The van der Waals surface area contributed by atoms with Gasteiger partial charge < -0.3 is 15.9 Å². The Hall–Kier alpha value is -1.55. The maximum Gasteiger partial charge on any atom is 0.320 e. The van der Waals surface area contributed by atoms with Crippen molar-refractivity contribution in [3.63, 3.8) is 0 Å². The number of phenolic OH excluding ortho intramolecular Hbond substituents is 1. The number of aromatic hydroxyl groups is 1. The van der Waals surface area contributed by atoms with Crippen molar-refractivity contribution in [2.75, 3.05) is 0 Å². The maximum absolute atomic E-state index is 10.4. The van der Waals surface area contributed by atoms with E-state index in [9.17, 15) is 4.79 Å².